The van der Waals surface area contributed by atoms with E-state index in [0.717, 1.165) is 17.5 Å². The minimum absolute atomic E-state index is 0.0359. The van der Waals surface area contributed by atoms with Crippen LogP contribution in [0.3, 0.4) is 0 Å². The van der Waals surface area contributed by atoms with Gasteiger partial charge >= 0.3 is 5.97 Å². The largest absolute Gasteiger partial charge is 0.467 e. The van der Waals surface area contributed by atoms with Crippen LogP contribution in [0, 0.1) is 6.92 Å². The molecule has 20 heavy (non-hydrogen) atoms. The number of likely N-dealkylation sites (tertiary alicyclic amines) is 1. The first kappa shape index (κ1) is 14.6. The van der Waals surface area contributed by atoms with E-state index in [1.54, 1.807) is 4.90 Å². The molecular formula is C16H21NO3. The van der Waals surface area contributed by atoms with Crippen LogP contribution in [0.5, 0.6) is 0 Å². The standard InChI is InChI=1S/C16H21NO3/c1-4-13(12-7-5-6-11(2)10-12)17-14(16(19)20-3)8-9-15(17)18/h5-7,10,13-14H,4,8-9H2,1-3H3. The third kappa shape index (κ3) is 2.69. The van der Waals surface area contributed by atoms with Crippen molar-refractivity contribution in [2.24, 2.45) is 0 Å². The van der Waals surface area contributed by atoms with Gasteiger partial charge in [0.1, 0.15) is 6.04 Å². The van der Waals surface area contributed by atoms with Gasteiger partial charge in [-0.3, -0.25) is 4.79 Å². The number of esters is 1. The zero-order chi connectivity index (χ0) is 14.7. The second-order valence-corrected chi connectivity index (χ2v) is 5.22. The molecule has 2 atom stereocenters. The third-order valence-corrected chi connectivity index (χ3v) is 3.88. The monoisotopic (exact) mass is 275 g/mol. The maximum Gasteiger partial charge on any atom is 0.328 e. The lowest BCUT2D eigenvalue weighted by molar-refractivity contribution is -0.151. The van der Waals surface area contributed by atoms with Crippen LogP contribution in [0.1, 0.15) is 43.4 Å². The molecule has 0 radical (unpaired) electrons. The van der Waals surface area contributed by atoms with Crippen molar-refractivity contribution in [3.63, 3.8) is 0 Å². The van der Waals surface area contributed by atoms with Crippen LogP contribution in [-0.4, -0.2) is 29.9 Å². The van der Waals surface area contributed by atoms with Crippen LogP contribution in [0.15, 0.2) is 24.3 Å². The third-order valence-electron chi connectivity index (χ3n) is 3.88. The fraction of sp³-hybridized carbons (Fsp3) is 0.500. The molecule has 1 saturated heterocycles. The lowest BCUT2D eigenvalue weighted by atomic mass is 10.00. The minimum atomic E-state index is -0.446. The van der Waals surface area contributed by atoms with E-state index in [9.17, 15) is 9.59 Å². The van der Waals surface area contributed by atoms with Crippen molar-refractivity contribution in [1.82, 2.24) is 4.90 Å². The molecule has 0 N–H and O–H groups in total. The Labute approximate surface area is 119 Å². The summed E-state index contributed by atoms with van der Waals surface area (Å²) in [4.78, 5) is 25.8. The summed E-state index contributed by atoms with van der Waals surface area (Å²) < 4.78 is 4.83. The van der Waals surface area contributed by atoms with E-state index < -0.39 is 6.04 Å². The Balaban J connectivity index is 2.33. The Hall–Kier alpha value is -1.84. The second-order valence-electron chi connectivity index (χ2n) is 5.22. The SMILES string of the molecule is CCC(c1cccc(C)c1)N1C(=O)CCC1C(=O)OC. The van der Waals surface area contributed by atoms with Crippen LogP contribution in [0.4, 0.5) is 0 Å². The summed E-state index contributed by atoms with van der Waals surface area (Å²) in [5.41, 5.74) is 2.24. The number of hydrogen-bond donors (Lipinski definition) is 0. The van der Waals surface area contributed by atoms with E-state index >= 15 is 0 Å². The average molecular weight is 275 g/mol. The summed E-state index contributed by atoms with van der Waals surface area (Å²) in [7, 11) is 1.37. The van der Waals surface area contributed by atoms with Gasteiger partial charge < -0.3 is 9.64 Å². The zero-order valence-electron chi connectivity index (χ0n) is 12.3. The highest BCUT2D eigenvalue weighted by molar-refractivity contribution is 5.88. The first-order valence-corrected chi connectivity index (χ1v) is 7.04. The van der Waals surface area contributed by atoms with E-state index in [-0.39, 0.29) is 17.9 Å². The normalized spacial score (nSPS) is 20.1. The summed E-state index contributed by atoms with van der Waals surface area (Å²) in [5.74, 6) is -0.282. The molecule has 1 fully saturated rings. The van der Waals surface area contributed by atoms with E-state index in [1.165, 1.54) is 7.11 Å². The van der Waals surface area contributed by atoms with Crippen molar-refractivity contribution >= 4 is 11.9 Å². The van der Waals surface area contributed by atoms with Crippen LogP contribution in [-0.2, 0) is 14.3 Å². The van der Waals surface area contributed by atoms with Crippen LogP contribution in [0.25, 0.3) is 0 Å². The number of rotatable bonds is 4. The molecule has 1 aliphatic heterocycles. The minimum Gasteiger partial charge on any atom is -0.467 e. The molecule has 1 aliphatic rings. The molecule has 0 spiro atoms. The summed E-state index contributed by atoms with van der Waals surface area (Å²) in [5, 5.41) is 0. The molecule has 2 rings (SSSR count). The molecule has 1 heterocycles. The fourth-order valence-electron chi connectivity index (χ4n) is 2.93. The predicted octanol–water partition coefficient (Wildman–Crippen LogP) is 2.61. The average Bonchev–Trinajstić information content (AvgIpc) is 2.81. The highest BCUT2D eigenvalue weighted by Crippen LogP contribution is 2.33. The summed E-state index contributed by atoms with van der Waals surface area (Å²) >= 11 is 0. The number of amides is 1. The number of hydrogen-bond acceptors (Lipinski definition) is 3. The zero-order valence-corrected chi connectivity index (χ0v) is 12.3. The number of nitrogens with zero attached hydrogens (tertiary/aromatic N) is 1. The smallest absolute Gasteiger partial charge is 0.328 e. The summed E-state index contributed by atoms with van der Waals surface area (Å²) in [6.45, 7) is 4.06. The van der Waals surface area contributed by atoms with Crippen molar-refractivity contribution in [3.05, 3.63) is 35.4 Å². The van der Waals surface area contributed by atoms with E-state index in [2.05, 4.69) is 6.07 Å². The lowest BCUT2D eigenvalue weighted by Crippen LogP contribution is -2.41. The molecule has 0 aromatic heterocycles. The molecule has 1 aromatic carbocycles. The Kier molecular flexibility index (Phi) is 4.42. The topological polar surface area (TPSA) is 46.6 Å². The number of methoxy groups -OCH3 is 1. The number of carbonyl (C=O) groups is 2. The van der Waals surface area contributed by atoms with E-state index in [0.29, 0.717) is 12.8 Å². The lowest BCUT2D eigenvalue weighted by Gasteiger charge is -2.31. The van der Waals surface area contributed by atoms with Gasteiger partial charge in [0.25, 0.3) is 0 Å². The summed E-state index contributed by atoms with van der Waals surface area (Å²) in [6, 6.07) is 7.60. The number of benzene rings is 1. The number of ether oxygens (including phenoxy) is 1. The molecule has 0 bridgehead atoms. The van der Waals surface area contributed by atoms with Crippen molar-refractivity contribution in [1.29, 1.82) is 0 Å². The van der Waals surface area contributed by atoms with Crippen molar-refractivity contribution in [3.8, 4) is 0 Å². The Morgan fingerprint density at radius 1 is 1.50 bits per heavy atom. The summed E-state index contributed by atoms with van der Waals surface area (Å²) in [6.07, 6.45) is 1.75. The van der Waals surface area contributed by atoms with E-state index in [4.69, 9.17) is 4.74 Å². The first-order valence-electron chi connectivity index (χ1n) is 7.04. The van der Waals surface area contributed by atoms with Gasteiger partial charge in [0.05, 0.1) is 13.2 Å². The fourth-order valence-corrected chi connectivity index (χ4v) is 2.93. The van der Waals surface area contributed by atoms with Gasteiger partial charge in [0.2, 0.25) is 5.91 Å². The van der Waals surface area contributed by atoms with Gasteiger partial charge in [-0.25, -0.2) is 4.79 Å². The molecule has 1 aromatic rings. The van der Waals surface area contributed by atoms with Crippen molar-refractivity contribution in [2.45, 2.75) is 45.2 Å². The van der Waals surface area contributed by atoms with Crippen LogP contribution < -0.4 is 0 Å². The van der Waals surface area contributed by atoms with Gasteiger partial charge in [-0.1, -0.05) is 36.8 Å². The Morgan fingerprint density at radius 3 is 2.85 bits per heavy atom. The highest BCUT2D eigenvalue weighted by atomic mass is 16.5. The molecular weight excluding hydrogens is 254 g/mol. The van der Waals surface area contributed by atoms with Crippen LogP contribution in [0.2, 0.25) is 0 Å². The molecule has 4 nitrogen and oxygen atoms in total. The predicted molar refractivity (Wildman–Crippen MR) is 76.1 cm³/mol. The van der Waals surface area contributed by atoms with Crippen molar-refractivity contribution in [2.75, 3.05) is 7.11 Å². The van der Waals surface area contributed by atoms with Gasteiger partial charge in [0.15, 0.2) is 0 Å². The second kappa shape index (κ2) is 6.07. The Bertz CT molecular complexity index is 512. The van der Waals surface area contributed by atoms with Gasteiger partial charge in [-0.05, 0) is 25.3 Å². The number of carbonyl (C=O) groups excluding carboxylic acids is 2. The quantitative estimate of drug-likeness (QED) is 0.794. The molecule has 108 valence electrons. The molecule has 4 heteroatoms. The first-order chi connectivity index (χ1) is 9.58. The van der Waals surface area contributed by atoms with E-state index in [1.807, 2.05) is 32.0 Å². The van der Waals surface area contributed by atoms with Gasteiger partial charge in [0, 0.05) is 6.42 Å². The highest BCUT2D eigenvalue weighted by Gasteiger charge is 2.40. The molecule has 1 amide bonds. The Morgan fingerprint density at radius 2 is 2.25 bits per heavy atom. The maximum atomic E-state index is 12.2. The van der Waals surface area contributed by atoms with Gasteiger partial charge in [-0.2, -0.15) is 0 Å². The molecule has 0 saturated carbocycles. The van der Waals surface area contributed by atoms with Gasteiger partial charge in [-0.15, -0.1) is 0 Å². The molecule has 2 unspecified atom stereocenters. The van der Waals surface area contributed by atoms with Crippen molar-refractivity contribution < 1.29 is 14.3 Å². The number of aryl methyl sites for hydroxylation is 1. The molecule has 0 aliphatic carbocycles. The maximum absolute atomic E-state index is 12.2. The van der Waals surface area contributed by atoms with Crippen LogP contribution >= 0.6 is 0 Å².